The first-order valence-electron chi connectivity index (χ1n) is 6.65. The van der Waals surface area contributed by atoms with Gasteiger partial charge in [0.25, 0.3) is 11.7 Å². The van der Waals surface area contributed by atoms with Crippen LogP contribution in [0.3, 0.4) is 0 Å². The number of hydrogen-bond acceptors (Lipinski definition) is 6. The molecule has 114 valence electrons. The van der Waals surface area contributed by atoms with Gasteiger partial charge in [0.15, 0.2) is 0 Å². The Morgan fingerprint density at radius 3 is 2.95 bits per heavy atom. The molecule has 0 aliphatic heterocycles. The Labute approximate surface area is 127 Å². The molecule has 2 heterocycles. The molecule has 0 saturated carbocycles. The van der Waals surface area contributed by atoms with Gasteiger partial charge < -0.3 is 10.4 Å². The van der Waals surface area contributed by atoms with Gasteiger partial charge in [-0.25, -0.2) is 9.50 Å². The quantitative estimate of drug-likeness (QED) is 0.808. The van der Waals surface area contributed by atoms with Crippen molar-refractivity contribution in [3.8, 4) is 0 Å². The molecule has 2 N–H and O–H groups in total. The van der Waals surface area contributed by atoms with Crippen LogP contribution < -0.4 is 5.32 Å². The summed E-state index contributed by atoms with van der Waals surface area (Å²) in [4.78, 5) is 20.4. The topological polar surface area (TPSA) is 92.4 Å². The minimum atomic E-state index is -0.938. The summed E-state index contributed by atoms with van der Waals surface area (Å²) >= 11 is 1.53. The normalized spacial score (nSPS) is 14.1. The summed E-state index contributed by atoms with van der Waals surface area (Å²) in [5.74, 6) is 0.754. The molecule has 0 spiro atoms. The molecule has 0 aromatic carbocycles. The first kappa shape index (κ1) is 15.7. The summed E-state index contributed by atoms with van der Waals surface area (Å²) in [5, 5.41) is 16.9. The zero-order chi connectivity index (χ0) is 15.5. The van der Waals surface area contributed by atoms with Crippen molar-refractivity contribution in [3.05, 3.63) is 23.8 Å². The fraction of sp³-hybridized carbons (Fsp3) is 0.538. The average molecular weight is 309 g/mol. The molecular weight excluding hydrogens is 290 g/mol. The van der Waals surface area contributed by atoms with E-state index in [0.717, 1.165) is 5.69 Å². The number of thioether (sulfide) groups is 1. The minimum absolute atomic E-state index is 0.186. The number of carbonyl (C=O) groups excluding carboxylic acids is 1. The van der Waals surface area contributed by atoms with Crippen molar-refractivity contribution in [1.82, 2.24) is 24.9 Å². The summed E-state index contributed by atoms with van der Waals surface area (Å²) in [6, 6.07) is 0. The third kappa shape index (κ3) is 3.51. The number of nitrogens with one attached hydrogen (secondary N) is 1. The first-order valence-corrected chi connectivity index (χ1v) is 8.05. The first-order chi connectivity index (χ1) is 9.98. The van der Waals surface area contributed by atoms with E-state index in [-0.39, 0.29) is 12.5 Å². The van der Waals surface area contributed by atoms with Gasteiger partial charge in [-0.2, -0.15) is 21.8 Å². The molecule has 0 saturated heterocycles. The minimum Gasteiger partial charge on any atom is -0.387 e. The lowest BCUT2D eigenvalue weighted by molar-refractivity contribution is 0.0724. The second kappa shape index (κ2) is 6.40. The van der Waals surface area contributed by atoms with Gasteiger partial charge in [0, 0.05) is 18.5 Å². The van der Waals surface area contributed by atoms with Crippen molar-refractivity contribution < 1.29 is 9.90 Å². The van der Waals surface area contributed by atoms with Crippen molar-refractivity contribution in [1.29, 1.82) is 0 Å². The zero-order valence-corrected chi connectivity index (χ0v) is 13.1. The molecule has 2 aromatic heterocycles. The molecule has 1 amide bonds. The molecule has 2 aromatic rings. The van der Waals surface area contributed by atoms with Crippen molar-refractivity contribution in [2.75, 3.05) is 18.6 Å². The predicted octanol–water partition coefficient (Wildman–Crippen LogP) is 0.530. The Bertz CT molecular complexity index is 641. The van der Waals surface area contributed by atoms with Crippen LogP contribution in [0.25, 0.3) is 5.78 Å². The maximum atomic E-state index is 12.3. The Morgan fingerprint density at radius 2 is 2.29 bits per heavy atom. The second-order valence-electron chi connectivity index (χ2n) is 5.06. The van der Waals surface area contributed by atoms with Crippen LogP contribution in [0.2, 0.25) is 0 Å². The van der Waals surface area contributed by atoms with E-state index in [1.807, 2.05) is 13.2 Å². The number of fused-ring (bicyclic) bond motifs is 1. The van der Waals surface area contributed by atoms with E-state index >= 15 is 0 Å². The van der Waals surface area contributed by atoms with Crippen molar-refractivity contribution in [2.24, 2.45) is 0 Å². The Morgan fingerprint density at radius 1 is 1.52 bits per heavy atom. The van der Waals surface area contributed by atoms with E-state index in [1.165, 1.54) is 24.3 Å². The standard InChI is InChI=1S/C13H19N5O2S/c1-4-10-9(5-14-12-16-8-17-18(10)12)11(19)15-6-13(2,20)7-21-3/h5,8,20H,4,6-7H2,1-3H3,(H,15,19). The fourth-order valence-electron chi connectivity index (χ4n) is 2.08. The number of aliphatic hydroxyl groups is 1. The van der Waals surface area contributed by atoms with E-state index in [2.05, 4.69) is 20.4 Å². The van der Waals surface area contributed by atoms with E-state index in [9.17, 15) is 9.90 Å². The highest BCUT2D eigenvalue weighted by molar-refractivity contribution is 7.98. The Kier molecular flexibility index (Phi) is 4.79. The molecule has 0 aliphatic carbocycles. The van der Waals surface area contributed by atoms with Crippen molar-refractivity contribution in [2.45, 2.75) is 25.9 Å². The van der Waals surface area contributed by atoms with Gasteiger partial charge in [0.05, 0.1) is 16.9 Å². The summed E-state index contributed by atoms with van der Waals surface area (Å²) in [5.41, 5.74) is 0.265. The van der Waals surface area contributed by atoms with E-state index < -0.39 is 5.60 Å². The van der Waals surface area contributed by atoms with Crippen LogP contribution in [0, 0.1) is 0 Å². The van der Waals surface area contributed by atoms with Gasteiger partial charge in [-0.3, -0.25) is 4.79 Å². The lowest BCUT2D eigenvalue weighted by Crippen LogP contribution is -2.42. The van der Waals surface area contributed by atoms with Gasteiger partial charge >= 0.3 is 0 Å². The highest BCUT2D eigenvalue weighted by Gasteiger charge is 2.22. The summed E-state index contributed by atoms with van der Waals surface area (Å²) < 4.78 is 1.56. The van der Waals surface area contributed by atoms with Crippen LogP contribution in [0.1, 0.15) is 29.9 Å². The molecule has 2 rings (SSSR count). The monoisotopic (exact) mass is 309 g/mol. The smallest absolute Gasteiger partial charge is 0.254 e. The van der Waals surface area contributed by atoms with Crippen molar-refractivity contribution in [3.63, 3.8) is 0 Å². The molecule has 1 atom stereocenters. The number of aryl methyl sites for hydroxylation is 1. The van der Waals surface area contributed by atoms with Gasteiger partial charge in [0.1, 0.15) is 6.33 Å². The molecule has 7 nitrogen and oxygen atoms in total. The van der Waals surface area contributed by atoms with Gasteiger partial charge in [-0.1, -0.05) is 6.92 Å². The highest BCUT2D eigenvalue weighted by Crippen LogP contribution is 2.12. The predicted molar refractivity (Wildman–Crippen MR) is 81.5 cm³/mol. The molecule has 21 heavy (non-hydrogen) atoms. The zero-order valence-electron chi connectivity index (χ0n) is 12.3. The van der Waals surface area contributed by atoms with Crippen LogP contribution >= 0.6 is 11.8 Å². The number of aromatic nitrogens is 4. The van der Waals surface area contributed by atoms with Gasteiger partial charge in [0.2, 0.25) is 0 Å². The SMILES string of the molecule is CCc1c(C(=O)NCC(C)(O)CSC)cnc2ncnn12. The summed E-state index contributed by atoms with van der Waals surface area (Å²) in [7, 11) is 0. The van der Waals surface area contributed by atoms with Crippen LogP contribution in [0.15, 0.2) is 12.5 Å². The van der Waals surface area contributed by atoms with E-state index in [4.69, 9.17) is 0 Å². The van der Waals surface area contributed by atoms with Crippen molar-refractivity contribution >= 4 is 23.4 Å². The van der Waals surface area contributed by atoms with Gasteiger partial charge in [-0.05, 0) is 19.6 Å². The fourth-order valence-corrected chi connectivity index (χ4v) is 2.81. The van der Waals surface area contributed by atoms with E-state index in [1.54, 1.807) is 11.4 Å². The van der Waals surface area contributed by atoms with Crippen LogP contribution in [0.4, 0.5) is 0 Å². The lowest BCUT2D eigenvalue weighted by Gasteiger charge is -2.22. The van der Waals surface area contributed by atoms with Crippen LogP contribution in [-0.2, 0) is 6.42 Å². The van der Waals surface area contributed by atoms with Crippen LogP contribution in [0.5, 0.6) is 0 Å². The Hall–Kier alpha value is -1.67. The van der Waals surface area contributed by atoms with Gasteiger partial charge in [-0.15, -0.1) is 0 Å². The summed E-state index contributed by atoms with van der Waals surface area (Å²) in [6.07, 6.45) is 5.45. The van der Waals surface area contributed by atoms with E-state index in [0.29, 0.717) is 23.5 Å². The average Bonchev–Trinajstić information content (AvgIpc) is 2.92. The Balaban J connectivity index is 2.19. The molecule has 8 heteroatoms. The summed E-state index contributed by atoms with van der Waals surface area (Å²) in [6.45, 7) is 3.83. The molecule has 0 radical (unpaired) electrons. The molecule has 1 unspecified atom stereocenters. The maximum absolute atomic E-state index is 12.3. The number of amides is 1. The number of carbonyl (C=O) groups is 1. The largest absolute Gasteiger partial charge is 0.387 e. The number of nitrogens with zero attached hydrogens (tertiary/aromatic N) is 4. The maximum Gasteiger partial charge on any atom is 0.254 e. The number of hydrogen-bond donors (Lipinski definition) is 2. The highest BCUT2D eigenvalue weighted by atomic mass is 32.2. The third-order valence-corrected chi connectivity index (χ3v) is 3.98. The van der Waals surface area contributed by atoms with Crippen LogP contribution in [-0.4, -0.2) is 54.8 Å². The molecule has 0 fully saturated rings. The lowest BCUT2D eigenvalue weighted by atomic mass is 10.1. The second-order valence-corrected chi connectivity index (χ2v) is 5.92. The number of rotatable bonds is 6. The molecular formula is C13H19N5O2S. The molecule has 0 bridgehead atoms. The third-order valence-electron chi connectivity index (χ3n) is 3.07. The molecule has 0 aliphatic rings.